The minimum Gasteiger partial charge on any atom is -0.382 e. The van der Waals surface area contributed by atoms with Crippen molar-refractivity contribution >= 4 is 5.69 Å². The van der Waals surface area contributed by atoms with Crippen molar-refractivity contribution in [2.75, 3.05) is 11.9 Å². The average molecular weight is 277 g/mol. The van der Waals surface area contributed by atoms with Crippen LogP contribution < -0.4 is 5.32 Å². The molecule has 0 bridgehead atoms. The summed E-state index contributed by atoms with van der Waals surface area (Å²) >= 11 is 0. The predicted molar refractivity (Wildman–Crippen MR) is 88.2 cm³/mol. The minimum atomic E-state index is 0.527. The molecule has 0 aliphatic rings. The molecule has 1 unspecified atom stereocenters. The fraction of sp³-hybridized carbons (Fsp3) is 0.667. The van der Waals surface area contributed by atoms with Gasteiger partial charge in [-0.05, 0) is 26.3 Å². The van der Waals surface area contributed by atoms with Gasteiger partial charge in [-0.25, -0.2) is 0 Å². The van der Waals surface area contributed by atoms with E-state index < -0.39 is 0 Å². The Morgan fingerprint density at radius 3 is 2.55 bits per heavy atom. The van der Waals surface area contributed by atoms with E-state index in [9.17, 15) is 0 Å². The van der Waals surface area contributed by atoms with Gasteiger partial charge in [0, 0.05) is 23.9 Å². The van der Waals surface area contributed by atoms with E-state index in [1.807, 2.05) is 6.92 Å². The Labute approximate surface area is 124 Å². The molecule has 2 nitrogen and oxygen atoms in total. The first-order valence-electron chi connectivity index (χ1n) is 8.20. The SMILES string of the molecule is CCCCCCCC(C)Nc1ccccc1COCC. The van der Waals surface area contributed by atoms with Crippen LogP contribution in [0.1, 0.15) is 64.9 Å². The zero-order valence-electron chi connectivity index (χ0n) is 13.5. The van der Waals surface area contributed by atoms with Gasteiger partial charge in [-0.2, -0.15) is 0 Å². The Bertz CT molecular complexity index is 351. The normalized spacial score (nSPS) is 12.3. The van der Waals surface area contributed by atoms with Crippen molar-refractivity contribution in [2.24, 2.45) is 0 Å². The zero-order valence-corrected chi connectivity index (χ0v) is 13.5. The highest BCUT2D eigenvalue weighted by atomic mass is 16.5. The van der Waals surface area contributed by atoms with Gasteiger partial charge in [0.25, 0.3) is 0 Å². The van der Waals surface area contributed by atoms with E-state index in [0.29, 0.717) is 12.6 Å². The Kier molecular flexibility index (Phi) is 9.14. The molecular formula is C18H31NO. The Morgan fingerprint density at radius 1 is 1.05 bits per heavy atom. The van der Waals surface area contributed by atoms with Crippen LogP contribution >= 0.6 is 0 Å². The van der Waals surface area contributed by atoms with E-state index in [1.54, 1.807) is 0 Å². The maximum atomic E-state index is 5.53. The average Bonchev–Trinajstić information content (AvgIpc) is 2.46. The summed E-state index contributed by atoms with van der Waals surface area (Å²) in [6.45, 7) is 8.04. The molecule has 0 spiro atoms. The molecule has 0 saturated heterocycles. The van der Waals surface area contributed by atoms with E-state index >= 15 is 0 Å². The van der Waals surface area contributed by atoms with Crippen molar-refractivity contribution in [3.63, 3.8) is 0 Å². The van der Waals surface area contributed by atoms with Crippen LogP contribution in [0.3, 0.4) is 0 Å². The monoisotopic (exact) mass is 277 g/mol. The van der Waals surface area contributed by atoms with Crippen molar-refractivity contribution in [1.29, 1.82) is 0 Å². The van der Waals surface area contributed by atoms with Crippen LogP contribution in [0, 0.1) is 0 Å². The quantitative estimate of drug-likeness (QED) is 0.548. The summed E-state index contributed by atoms with van der Waals surface area (Å²) in [6, 6.07) is 8.99. The molecule has 1 aromatic rings. The second-order valence-corrected chi connectivity index (χ2v) is 5.54. The Hall–Kier alpha value is -1.02. The number of benzene rings is 1. The van der Waals surface area contributed by atoms with Gasteiger partial charge in [0.05, 0.1) is 6.61 Å². The van der Waals surface area contributed by atoms with Gasteiger partial charge in [0.15, 0.2) is 0 Å². The third-order valence-corrected chi connectivity index (χ3v) is 3.62. The van der Waals surface area contributed by atoms with Gasteiger partial charge in [-0.1, -0.05) is 57.2 Å². The number of ether oxygens (including phenoxy) is 1. The topological polar surface area (TPSA) is 21.3 Å². The van der Waals surface area contributed by atoms with Gasteiger partial charge in [-0.3, -0.25) is 0 Å². The summed E-state index contributed by atoms with van der Waals surface area (Å²) in [5.74, 6) is 0. The van der Waals surface area contributed by atoms with Crippen LogP contribution in [-0.2, 0) is 11.3 Å². The molecule has 20 heavy (non-hydrogen) atoms. The second-order valence-electron chi connectivity index (χ2n) is 5.54. The minimum absolute atomic E-state index is 0.527. The van der Waals surface area contributed by atoms with E-state index in [1.165, 1.54) is 49.8 Å². The lowest BCUT2D eigenvalue weighted by atomic mass is 10.1. The van der Waals surface area contributed by atoms with Crippen LogP contribution in [0.4, 0.5) is 5.69 Å². The van der Waals surface area contributed by atoms with E-state index in [4.69, 9.17) is 4.74 Å². The first-order chi connectivity index (χ1) is 9.77. The molecule has 0 radical (unpaired) electrons. The van der Waals surface area contributed by atoms with Gasteiger partial charge in [0.2, 0.25) is 0 Å². The molecule has 0 aliphatic carbocycles. The molecule has 114 valence electrons. The summed E-state index contributed by atoms with van der Waals surface area (Å²) in [5.41, 5.74) is 2.48. The number of anilines is 1. The van der Waals surface area contributed by atoms with Crippen LogP contribution in [0.2, 0.25) is 0 Å². The lowest BCUT2D eigenvalue weighted by molar-refractivity contribution is 0.134. The third kappa shape index (κ3) is 6.95. The van der Waals surface area contributed by atoms with Gasteiger partial charge in [0.1, 0.15) is 0 Å². The molecule has 1 atom stereocenters. The first-order valence-corrected chi connectivity index (χ1v) is 8.20. The number of rotatable bonds is 11. The smallest absolute Gasteiger partial charge is 0.0736 e. The summed E-state index contributed by atoms with van der Waals surface area (Å²) in [5, 5.41) is 3.63. The molecule has 1 N–H and O–H groups in total. The van der Waals surface area contributed by atoms with Crippen molar-refractivity contribution in [1.82, 2.24) is 0 Å². The molecule has 0 aromatic heterocycles. The van der Waals surface area contributed by atoms with E-state index in [0.717, 1.165) is 6.61 Å². The largest absolute Gasteiger partial charge is 0.382 e. The third-order valence-electron chi connectivity index (χ3n) is 3.62. The lowest BCUT2D eigenvalue weighted by Crippen LogP contribution is -2.16. The summed E-state index contributed by atoms with van der Waals surface area (Å²) in [7, 11) is 0. The van der Waals surface area contributed by atoms with Gasteiger partial charge in [-0.15, -0.1) is 0 Å². The summed E-state index contributed by atoms with van der Waals surface area (Å²) in [6.07, 6.45) is 8.00. The molecular weight excluding hydrogens is 246 g/mol. The van der Waals surface area contributed by atoms with Crippen LogP contribution in [0.15, 0.2) is 24.3 Å². The fourth-order valence-corrected chi connectivity index (χ4v) is 2.39. The highest BCUT2D eigenvalue weighted by Gasteiger charge is 2.06. The Morgan fingerprint density at radius 2 is 1.80 bits per heavy atom. The number of hydrogen-bond donors (Lipinski definition) is 1. The van der Waals surface area contributed by atoms with Crippen molar-refractivity contribution < 1.29 is 4.74 Å². The number of unbranched alkanes of at least 4 members (excludes halogenated alkanes) is 4. The van der Waals surface area contributed by atoms with E-state index in [2.05, 4.69) is 43.4 Å². The van der Waals surface area contributed by atoms with Gasteiger partial charge >= 0.3 is 0 Å². The molecule has 1 aromatic carbocycles. The van der Waals surface area contributed by atoms with Crippen LogP contribution in [-0.4, -0.2) is 12.6 Å². The maximum absolute atomic E-state index is 5.53. The number of nitrogens with one attached hydrogen (secondary N) is 1. The van der Waals surface area contributed by atoms with Crippen LogP contribution in [0.25, 0.3) is 0 Å². The van der Waals surface area contributed by atoms with Crippen molar-refractivity contribution in [3.05, 3.63) is 29.8 Å². The first kappa shape index (κ1) is 17.0. The fourth-order valence-electron chi connectivity index (χ4n) is 2.39. The molecule has 0 amide bonds. The van der Waals surface area contributed by atoms with Crippen LogP contribution in [0.5, 0.6) is 0 Å². The second kappa shape index (κ2) is 10.7. The highest BCUT2D eigenvalue weighted by Crippen LogP contribution is 2.18. The standard InChI is InChI=1S/C18H31NO/c1-4-6-7-8-9-12-16(3)19-18-14-11-10-13-17(18)15-20-5-2/h10-11,13-14,16,19H,4-9,12,15H2,1-3H3. The number of hydrogen-bond acceptors (Lipinski definition) is 2. The van der Waals surface area contributed by atoms with E-state index in [-0.39, 0.29) is 0 Å². The molecule has 2 heteroatoms. The molecule has 0 saturated carbocycles. The maximum Gasteiger partial charge on any atom is 0.0736 e. The van der Waals surface area contributed by atoms with Crippen molar-refractivity contribution in [3.8, 4) is 0 Å². The molecule has 0 aliphatic heterocycles. The van der Waals surface area contributed by atoms with Crippen molar-refractivity contribution in [2.45, 2.75) is 71.9 Å². The molecule has 1 rings (SSSR count). The summed E-state index contributed by atoms with van der Waals surface area (Å²) in [4.78, 5) is 0. The Balaban J connectivity index is 2.35. The lowest BCUT2D eigenvalue weighted by Gasteiger charge is -2.18. The predicted octanol–water partition coefficient (Wildman–Crippen LogP) is 5.38. The zero-order chi connectivity index (χ0) is 14.6. The van der Waals surface area contributed by atoms with Gasteiger partial charge < -0.3 is 10.1 Å². The molecule has 0 fully saturated rings. The number of para-hydroxylation sites is 1. The summed E-state index contributed by atoms with van der Waals surface area (Å²) < 4.78 is 5.53. The molecule has 0 heterocycles. The highest BCUT2D eigenvalue weighted by molar-refractivity contribution is 5.51.